The summed E-state index contributed by atoms with van der Waals surface area (Å²) in [7, 11) is -4.13. The van der Waals surface area contributed by atoms with Crippen LogP contribution in [0.15, 0.2) is 77.7 Å². The van der Waals surface area contributed by atoms with Crippen molar-refractivity contribution in [3.05, 3.63) is 95.3 Å². The van der Waals surface area contributed by atoms with Gasteiger partial charge < -0.3 is 10.2 Å². The van der Waals surface area contributed by atoms with Crippen LogP contribution in [0.5, 0.6) is 0 Å². The molecule has 0 aromatic heterocycles. The maximum atomic E-state index is 13.9. The lowest BCUT2D eigenvalue weighted by atomic mass is 10.1. The van der Waals surface area contributed by atoms with Crippen molar-refractivity contribution in [2.45, 2.75) is 64.6 Å². The number of benzene rings is 3. The lowest BCUT2D eigenvalue weighted by Gasteiger charge is -2.33. The summed E-state index contributed by atoms with van der Waals surface area (Å²) in [5.74, 6) is -1.39. The van der Waals surface area contributed by atoms with Crippen LogP contribution < -0.4 is 9.62 Å². The van der Waals surface area contributed by atoms with Crippen molar-refractivity contribution < 1.29 is 22.4 Å². The molecule has 0 saturated carbocycles. The summed E-state index contributed by atoms with van der Waals surface area (Å²) < 4.78 is 42.3. The summed E-state index contributed by atoms with van der Waals surface area (Å²) in [5, 5.41) is 2.88. The van der Waals surface area contributed by atoms with E-state index in [2.05, 4.69) is 5.32 Å². The van der Waals surface area contributed by atoms with E-state index >= 15 is 0 Å². The molecule has 0 bridgehead atoms. The minimum atomic E-state index is -4.13. The van der Waals surface area contributed by atoms with E-state index in [1.54, 1.807) is 37.3 Å². The van der Waals surface area contributed by atoms with Gasteiger partial charge in [0, 0.05) is 12.1 Å². The third-order valence-corrected chi connectivity index (χ3v) is 7.90. The minimum absolute atomic E-state index is 0.00984. The smallest absolute Gasteiger partial charge is 0.264 e. The third-order valence-electron chi connectivity index (χ3n) is 6.11. The minimum Gasteiger partial charge on any atom is -0.350 e. The van der Waals surface area contributed by atoms with E-state index in [0.717, 1.165) is 15.4 Å². The molecule has 2 amide bonds. The first kappa shape index (κ1) is 29.8. The van der Waals surface area contributed by atoms with Gasteiger partial charge in [0.15, 0.2) is 0 Å². The van der Waals surface area contributed by atoms with Gasteiger partial charge in [-0.15, -0.1) is 0 Å². The van der Waals surface area contributed by atoms with Crippen LogP contribution >= 0.6 is 0 Å². The van der Waals surface area contributed by atoms with Crippen LogP contribution in [0.25, 0.3) is 0 Å². The van der Waals surface area contributed by atoms with Gasteiger partial charge in [-0.25, -0.2) is 12.8 Å². The molecule has 0 aliphatic carbocycles. The fourth-order valence-electron chi connectivity index (χ4n) is 3.99. The van der Waals surface area contributed by atoms with Crippen molar-refractivity contribution in [3.63, 3.8) is 0 Å². The molecule has 3 aromatic rings. The van der Waals surface area contributed by atoms with E-state index in [4.69, 9.17) is 0 Å². The van der Waals surface area contributed by atoms with E-state index in [0.29, 0.717) is 11.3 Å². The second kappa shape index (κ2) is 12.0. The molecule has 3 rings (SSSR count). The Morgan fingerprint density at radius 1 is 0.923 bits per heavy atom. The summed E-state index contributed by atoms with van der Waals surface area (Å²) in [6.45, 7) is 10.2. The number of hydrogen-bond acceptors (Lipinski definition) is 4. The highest BCUT2D eigenvalue weighted by molar-refractivity contribution is 7.92. The summed E-state index contributed by atoms with van der Waals surface area (Å²) in [5.41, 5.74) is 2.11. The number of sulfonamides is 1. The molecular weight excluding hydrogens is 517 g/mol. The molecule has 0 unspecified atom stereocenters. The van der Waals surface area contributed by atoms with Crippen LogP contribution in [0.4, 0.5) is 10.1 Å². The van der Waals surface area contributed by atoms with Gasteiger partial charge in [-0.3, -0.25) is 13.9 Å². The zero-order chi connectivity index (χ0) is 29.0. The van der Waals surface area contributed by atoms with Crippen molar-refractivity contribution in [3.8, 4) is 0 Å². The monoisotopic (exact) mass is 553 g/mol. The molecule has 0 fully saturated rings. The number of carbonyl (C=O) groups excluding carboxylic acids is 2. The predicted octanol–water partition coefficient (Wildman–Crippen LogP) is 4.97. The Labute approximate surface area is 230 Å². The first-order chi connectivity index (χ1) is 18.2. The zero-order valence-electron chi connectivity index (χ0n) is 23.2. The highest BCUT2D eigenvalue weighted by atomic mass is 32.2. The molecule has 9 heteroatoms. The maximum absolute atomic E-state index is 13.9. The molecule has 7 nitrogen and oxygen atoms in total. The number of nitrogens with zero attached hydrogens (tertiary/aromatic N) is 2. The van der Waals surface area contributed by atoms with Gasteiger partial charge >= 0.3 is 0 Å². The quantitative estimate of drug-likeness (QED) is 0.405. The summed E-state index contributed by atoms with van der Waals surface area (Å²) >= 11 is 0. The Morgan fingerprint density at radius 3 is 2.10 bits per heavy atom. The molecular formula is C30H36FN3O4S. The van der Waals surface area contributed by atoms with Crippen LogP contribution in [-0.4, -0.2) is 43.3 Å². The Morgan fingerprint density at radius 2 is 1.54 bits per heavy atom. The van der Waals surface area contributed by atoms with Gasteiger partial charge in [0.2, 0.25) is 11.8 Å². The second-order valence-corrected chi connectivity index (χ2v) is 12.6. The number of anilines is 1. The Balaban J connectivity index is 2.03. The molecule has 208 valence electrons. The summed E-state index contributed by atoms with van der Waals surface area (Å²) in [4.78, 5) is 28.4. The fourth-order valence-corrected chi connectivity index (χ4v) is 5.40. The van der Waals surface area contributed by atoms with E-state index < -0.39 is 39.9 Å². The molecule has 0 aliphatic rings. The van der Waals surface area contributed by atoms with Crippen molar-refractivity contribution in [1.82, 2.24) is 10.2 Å². The van der Waals surface area contributed by atoms with Crippen LogP contribution in [0.1, 0.15) is 44.4 Å². The molecule has 0 heterocycles. The van der Waals surface area contributed by atoms with Crippen LogP contribution in [0.2, 0.25) is 0 Å². The topological polar surface area (TPSA) is 86.8 Å². The number of rotatable bonds is 9. The number of hydrogen-bond donors (Lipinski definition) is 1. The highest BCUT2D eigenvalue weighted by Crippen LogP contribution is 2.26. The van der Waals surface area contributed by atoms with Gasteiger partial charge in [-0.05, 0) is 89.1 Å². The Kier molecular flexibility index (Phi) is 9.17. The normalized spacial score (nSPS) is 12.5. The Bertz CT molecular complexity index is 1420. The number of carbonyl (C=O) groups is 2. The lowest BCUT2D eigenvalue weighted by Crippen LogP contribution is -2.54. The highest BCUT2D eigenvalue weighted by Gasteiger charge is 2.33. The zero-order valence-corrected chi connectivity index (χ0v) is 24.0. The number of halogens is 1. The molecule has 1 atom stereocenters. The summed E-state index contributed by atoms with van der Waals surface area (Å²) in [6.07, 6.45) is 0. The molecule has 1 N–H and O–H groups in total. The van der Waals surface area contributed by atoms with Gasteiger partial charge in [0.1, 0.15) is 18.4 Å². The molecule has 3 aromatic carbocycles. The molecule has 0 radical (unpaired) electrons. The second-order valence-electron chi connectivity index (χ2n) is 10.7. The van der Waals surface area contributed by atoms with Crippen molar-refractivity contribution in [2.75, 3.05) is 10.8 Å². The Hall–Kier alpha value is -3.72. The van der Waals surface area contributed by atoms with Crippen molar-refractivity contribution >= 4 is 27.5 Å². The van der Waals surface area contributed by atoms with Gasteiger partial charge in [0.25, 0.3) is 10.0 Å². The van der Waals surface area contributed by atoms with E-state index in [-0.39, 0.29) is 17.3 Å². The number of nitrogens with one attached hydrogen (secondary N) is 1. The van der Waals surface area contributed by atoms with Crippen LogP contribution in [0.3, 0.4) is 0 Å². The average Bonchev–Trinajstić information content (AvgIpc) is 2.85. The summed E-state index contributed by atoms with van der Waals surface area (Å²) in [6, 6.07) is 18.0. The molecule has 0 spiro atoms. The first-order valence-corrected chi connectivity index (χ1v) is 14.1. The van der Waals surface area contributed by atoms with Crippen LogP contribution in [0, 0.1) is 19.7 Å². The first-order valence-electron chi connectivity index (χ1n) is 12.7. The molecule has 0 aliphatic heterocycles. The lowest BCUT2D eigenvalue weighted by molar-refractivity contribution is -0.140. The number of aryl methyl sites for hydroxylation is 2. The predicted molar refractivity (Wildman–Crippen MR) is 151 cm³/mol. The average molecular weight is 554 g/mol. The standard InChI is InChI=1S/C30H36FN3O4S/c1-21-10-16-27(17-11-21)39(37,38)34(26-9-7-8-22(2)18-26)20-28(35)33(19-24-12-14-25(31)15-13-24)23(3)29(36)32-30(4,5)6/h7-18,23H,19-20H2,1-6H3,(H,32,36)/t23-/m1/s1. The molecule has 39 heavy (non-hydrogen) atoms. The van der Waals surface area contributed by atoms with Crippen LogP contribution in [-0.2, 0) is 26.2 Å². The van der Waals surface area contributed by atoms with Crippen molar-refractivity contribution in [1.29, 1.82) is 0 Å². The van der Waals surface area contributed by atoms with E-state index in [9.17, 15) is 22.4 Å². The van der Waals surface area contributed by atoms with Gasteiger partial charge in [-0.1, -0.05) is 42.0 Å². The van der Waals surface area contributed by atoms with Gasteiger partial charge in [0.05, 0.1) is 10.6 Å². The fraction of sp³-hybridized carbons (Fsp3) is 0.333. The maximum Gasteiger partial charge on any atom is 0.264 e. The molecule has 0 saturated heterocycles. The van der Waals surface area contributed by atoms with E-state index in [1.165, 1.54) is 41.3 Å². The van der Waals surface area contributed by atoms with E-state index in [1.807, 2.05) is 40.7 Å². The third kappa shape index (κ3) is 7.89. The SMILES string of the molecule is Cc1ccc(S(=O)(=O)N(CC(=O)N(Cc2ccc(F)cc2)[C@H](C)C(=O)NC(C)(C)C)c2cccc(C)c2)cc1. The van der Waals surface area contributed by atoms with Crippen molar-refractivity contribution in [2.24, 2.45) is 0 Å². The van der Waals surface area contributed by atoms with Gasteiger partial charge in [-0.2, -0.15) is 0 Å². The largest absolute Gasteiger partial charge is 0.350 e. The number of amides is 2.